The second-order valence-corrected chi connectivity index (χ2v) is 8.51. The number of ether oxygens (including phenoxy) is 2. The van der Waals surface area contributed by atoms with E-state index in [1.807, 2.05) is 0 Å². The summed E-state index contributed by atoms with van der Waals surface area (Å²) in [4.78, 5) is 12.5. The van der Waals surface area contributed by atoms with Crippen molar-refractivity contribution in [3.63, 3.8) is 0 Å². The standard InChI is InChI=1S/C19H21ClN2O5S/c1-26-18-9-6-14(20)11-17(18)22-19(23)13-4-7-16(8-5-13)28(24,25)21-12-15-3-2-10-27-15/h4-9,11,15,21H,2-3,10,12H2,1H3,(H,22,23)/t15-/m1/s1. The highest BCUT2D eigenvalue weighted by Crippen LogP contribution is 2.28. The maximum Gasteiger partial charge on any atom is 0.255 e. The number of nitrogens with one attached hydrogen (secondary N) is 2. The number of anilines is 1. The third kappa shape index (κ3) is 5.02. The Morgan fingerprint density at radius 3 is 2.64 bits per heavy atom. The van der Waals surface area contributed by atoms with E-state index in [-0.39, 0.29) is 17.5 Å². The number of methoxy groups -OCH3 is 1. The molecule has 9 heteroatoms. The first-order valence-corrected chi connectivity index (χ1v) is 10.6. The summed E-state index contributed by atoms with van der Waals surface area (Å²) in [6, 6.07) is 10.6. The predicted octanol–water partition coefficient (Wildman–Crippen LogP) is 3.06. The summed E-state index contributed by atoms with van der Waals surface area (Å²) in [5, 5.41) is 3.16. The van der Waals surface area contributed by atoms with Crippen LogP contribution < -0.4 is 14.8 Å². The maximum atomic E-state index is 12.5. The molecule has 28 heavy (non-hydrogen) atoms. The summed E-state index contributed by atoms with van der Waals surface area (Å²) in [5.41, 5.74) is 0.732. The summed E-state index contributed by atoms with van der Waals surface area (Å²) in [5.74, 6) is 0.0621. The largest absolute Gasteiger partial charge is 0.495 e. The molecule has 2 aromatic rings. The van der Waals surface area contributed by atoms with Crippen LogP contribution in [-0.2, 0) is 14.8 Å². The van der Waals surface area contributed by atoms with Crippen LogP contribution in [0.1, 0.15) is 23.2 Å². The van der Waals surface area contributed by atoms with E-state index in [2.05, 4.69) is 10.0 Å². The molecular formula is C19H21ClN2O5S. The molecule has 1 atom stereocenters. The quantitative estimate of drug-likeness (QED) is 0.712. The highest BCUT2D eigenvalue weighted by atomic mass is 35.5. The molecule has 0 spiro atoms. The van der Waals surface area contributed by atoms with Crippen LogP contribution in [0.3, 0.4) is 0 Å². The normalized spacial score (nSPS) is 16.7. The van der Waals surface area contributed by atoms with E-state index in [1.54, 1.807) is 18.2 Å². The zero-order valence-electron chi connectivity index (χ0n) is 15.3. The monoisotopic (exact) mass is 424 g/mol. The van der Waals surface area contributed by atoms with E-state index in [0.717, 1.165) is 12.8 Å². The van der Waals surface area contributed by atoms with Gasteiger partial charge in [0.05, 0.1) is 23.8 Å². The molecule has 2 aromatic carbocycles. The van der Waals surface area contributed by atoms with E-state index in [4.69, 9.17) is 21.1 Å². The maximum absolute atomic E-state index is 12.5. The third-order valence-electron chi connectivity index (χ3n) is 4.36. The Morgan fingerprint density at radius 1 is 1.25 bits per heavy atom. The molecule has 1 saturated heterocycles. The van der Waals surface area contributed by atoms with Gasteiger partial charge in [-0.3, -0.25) is 4.79 Å². The Kier molecular flexibility index (Phi) is 6.56. The fourth-order valence-corrected chi connectivity index (χ4v) is 4.09. The molecule has 3 rings (SSSR count). The molecule has 1 aliphatic rings. The predicted molar refractivity (Wildman–Crippen MR) is 107 cm³/mol. The van der Waals surface area contributed by atoms with Crippen molar-refractivity contribution in [2.75, 3.05) is 25.6 Å². The number of rotatable bonds is 7. The Balaban J connectivity index is 1.68. The van der Waals surface area contributed by atoms with Crippen molar-refractivity contribution in [3.8, 4) is 5.75 Å². The van der Waals surface area contributed by atoms with Crippen LogP contribution in [0.2, 0.25) is 5.02 Å². The van der Waals surface area contributed by atoms with Gasteiger partial charge in [0, 0.05) is 23.7 Å². The summed E-state index contributed by atoms with van der Waals surface area (Å²) in [6.07, 6.45) is 1.69. The van der Waals surface area contributed by atoms with E-state index in [9.17, 15) is 13.2 Å². The van der Waals surface area contributed by atoms with Crippen LogP contribution >= 0.6 is 11.6 Å². The molecule has 2 N–H and O–H groups in total. The second-order valence-electron chi connectivity index (χ2n) is 6.31. The molecule has 0 aliphatic carbocycles. The molecular weight excluding hydrogens is 404 g/mol. The molecule has 0 unspecified atom stereocenters. The van der Waals surface area contributed by atoms with Gasteiger partial charge in [-0.25, -0.2) is 13.1 Å². The van der Waals surface area contributed by atoms with Gasteiger partial charge in [-0.05, 0) is 55.3 Å². The number of halogens is 1. The number of sulfonamides is 1. The fraction of sp³-hybridized carbons (Fsp3) is 0.316. The zero-order chi connectivity index (χ0) is 20.1. The van der Waals surface area contributed by atoms with Crippen LogP contribution in [-0.4, -0.2) is 40.7 Å². The first kappa shape index (κ1) is 20.6. The van der Waals surface area contributed by atoms with Crippen LogP contribution in [0.15, 0.2) is 47.4 Å². The van der Waals surface area contributed by atoms with Crippen LogP contribution in [0.5, 0.6) is 5.75 Å². The van der Waals surface area contributed by atoms with Gasteiger partial charge in [-0.2, -0.15) is 0 Å². The van der Waals surface area contributed by atoms with Crippen molar-refractivity contribution in [1.29, 1.82) is 0 Å². The highest BCUT2D eigenvalue weighted by molar-refractivity contribution is 7.89. The van der Waals surface area contributed by atoms with Crippen molar-refractivity contribution in [2.45, 2.75) is 23.8 Å². The molecule has 0 aromatic heterocycles. The van der Waals surface area contributed by atoms with Gasteiger partial charge in [0.15, 0.2) is 0 Å². The average molecular weight is 425 g/mol. The summed E-state index contributed by atoms with van der Waals surface area (Å²) in [6.45, 7) is 0.896. The Hall–Kier alpha value is -2.13. The van der Waals surface area contributed by atoms with Crippen LogP contribution in [0.25, 0.3) is 0 Å². The van der Waals surface area contributed by atoms with E-state index >= 15 is 0 Å². The third-order valence-corrected chi connectivity index (χ3v) is 6.04. The Morgan fingerprint density at radius 2 is 2.00 bits per heavy atom. The Labute approximate surface area is 169 Å². The topological polar surface area (TPSA) is 93.7 Å². The van der Waals surface area contributed by atoms with Gasteiger partial charge in [0.25, 0.3) is 5.91 Å². The summed E-state index contributed by atoms with van der Waals surface area (Å²) < 4.78 is 37.9. The minimum absolute atomic E-state index is 0.0855. The molecule has 0 bridgehead atoms. The van der Waals surface area contributed by atoms with Gasteiger partial charge in [0.1, 0.15) is 5.75 Å². The average Bonchev–Trinajstić information content (AvgIpc) is 3.20. The molecule has 7 nitrogen and oxygen atoms in total. The number of carbonyl (C=O) groups excluding carboxylic acids is 1. The van der Waals surface area contributed by atoms with Gasteiger partial charge >= 0.3 is 0 Å². The minimum Gasteiger partial charge on any atom is -0.495 e. The second kappa shape index (κ2) is 8.91. The Bertz CT molecular complexity index is 941. The van der Waals surface area contributed by atoms with Crippen LogP contribution in [0.4, 0.5) is 5.69 Å². The van der Waals surface area contributed by atoms with Crippen molar-refractivity contribution in [3.05, 3.63) is 53.1 Å². The van der Waals surface area contributed by atoms with Crippen molar-refractivity contribution < 1.29 is 22.7 Å². The first-order valence-electron chi connectivity index (χ1n) is 8.75. The van der Waals surface area contributed by atoms with Gasteiger partial charge in [-0.15, -0.1) is 0 Å². The van der Waals surface area contributed by atoms with E-state index < -0.39 is 15.9 Å². The van der Waals surface area contributed by atoms with E-state index in [0.29, 0.717) is 28.6 Å². The summed E-state index contributed by atoms with van der Waals surface area (Å²) in [7, 11) is -2.18. The fourth-order valence-electron chi connectivity index (χ4n) is 2.85. The van der Waals surface area contributed by atoms with Gasteiger partial charge < -0.3 is 14.8 Å². The molecule has 150 valence electrons. The smallest absolute Gasteiger partial charge is 0.255 e. The molecule has 1 heterocycles. The molecule has 0 radical (unpaired) electrons. The molecule has 1 amide bonds. The number of amides is 1. The first-order chi connectivity index (χ1) is 13.4. The highest BCUT2D eigenvalue weighted by Gasteiger charge is 2.20. The molecule has 1 fully saturated rings. The lowest BCUT2D eigenvalue weighted by atomic mass is 10.2. The zero-order valence-corrected chi connectivity index (χ0v) is 16.8. The lowest BCUT2D eigenvalue weighted by Gasteiger charge is -2.12. The van der Waals surface area contributed by atoms with Crippen molar-refractivity contribution >= 4 is 33.2 Å². The van der Waals surface area contributed by atoms with Gasteiger partial charge in [-0.1, -0.05) is 11.6 Å². The van der Waals surface area contributed by atoms with Crippen LogP contribution in [0, 0.1) is 0 Å². The minimum atomic E-state index is -3.66. The van der Waals surface area contributed by atoms with Crippen molar-refractivity contribution in [2.24, 2.45) is 0 Å². The number of hydrogen-bond acceptors (Lipinski definition) is 5. The summed E-state index contributed by atoms with van der Waals surface area (Å²) >= 11 is 5.96. The lowest BCUT2D eigenvalue weighted by molar-refractivity contribution is 0.102. The van der Waals surface area contributed by atoms with Gasteiger partial charge in [0.2, 0.25) is 10.0 Å². The number of benzene rings is 2. The molecule has 1 aliphatic heterocycles. The lowest BCUT2D eigenvalue weighted by Crippen LogP contribution is -2.31. The number of carbonyl (C=O) groups is 1. The SMILES string of the molecule is COc1ccc(Cl)cc1NC(=O)c1ccc(S(=O)(=O)NC[C@H]2CCCO2)cc1. The van der Waals surface area contributed by atoms with Crippen molar-refractivity contribution in [1.82, 2.24) is 4.72 Å². The number of hydrogen-bond donors (Lipinski definition) is 2. The van der Waals surface area contributed by atoms with E-state index in [1.165, 1.54) is 31.4 Å². The molecule has 0 saturated carbocycles.